The molecule has 0 N–H and O–H groups in total. The third kappa shape index (κ3) is 3.65. The summed E-state index contributed by atoms with van der Waals surface area (Å²) < 4.78 is 7.09. The second kappa shape index (κ2) is 7.33. The van der Waals surface area contributed by atoms with Gasteiger partial charge in [-0.05, 0) is 12.5 Å². The van der Waals surface area contributed by atoms with Crippen LogP contribution in [0.15, 0.2) is 47.0 Å². The Labute approximate surface area is 156 Å². The monoisotopic (exact) mass is 370 g/mol. The van der Waals surface area contributed by atoms with E-state index in [1.807, 2.05) is 39.9 Å². The summed E-state index contributed by atoms with van der Waals surface area (Å²) in [5.74, 6) is 0.739. The molecule has 0 saturated carbocycles. The lowest BCUT2D eigenvalue weighted by Gasteiger charge is -2.19. The fraction of sp³-hybridized carbons (Fsp3) is 0.316. The highest BCUT2D eigenvalue weighted by Crippen LogP contribution is 2.22. The van der Waals surface area contributed by atoms with Crippen LogP contribution in [0.5, 0.6) is 0 Å². The summed E-state index contributed by atoms with van der Waals surface area (Å²) in [4.78, 5) is 14.5. The van der Waals surface area contributed by atoms with Crippen LogP contribution in [0.1, 0.15) is 24.3 Å². The first-order valence-electron chi connectivity index (χ1n) is 8.70. The molecule has 0 atom stereocenters. The van der Waals surface area contributed by atoms with Crippen LogP contribution in [-0.2, 0) is 24.3 Å². The minimum atomic E-state index is 0.105. The largest absolute Gasteiger partial charge is 0.360 e. The fourth-order valence-corrected chi connectivity index (χ4v) is 3.38. The molecule has 1 aliphatic rings. The SMILES string of the molecule is O=C(CCc1cc(Cl)no1)N1CCCn2nc(-c3ccccc3)cc2C1. The molecule has 0 radical (unpaired) electrons. The van der Waals surface area contributed by atoms with Crippen LogP contribution >= 0.6 is 11.6 Å². The van der Waals surface area contributed by atoms with E-state index >= 15 is 0 Å². The number of halogens is 1. The van der Waals surface area contributed by atoms with E-state index in [4.69, 9.17) is 21.2 Å². The van der Waals surface area contributed by atoms with Gasteiger partial charge in [-0.3, -0.25) is 9.48 Å². The lowest BCUT2D eigenvalue weighted by molar-refractivity contribution is -0.131. The van der Waals surface area contributed by atoms with Crippen molar-refractivity contribution in [2.45, 2.75) is 32.4 Å². The third-order valence-electron chi connectivity index (χ3n) is 4.55. The molecule has 0 saturated heterocycles. The van der Waals surface area contributed by atoms with Gasteiger partial charge in [0.05, 0.1) is 17.9 Å². The third-order valence-corrected chi connectivity index (χ3v) is 4.73. The van der Waals surface area contributed by atoms with Crippen molar-refractivity contribution < 1.29 is 9.32 Å². The molecule has 2 aromatic heterocycles. The summed E-state index contributed by atoms with van der Waals surface area (Å²) in [7, 11) is 0. The molecule has 0 fully saturated rings. The number of hydrogen-bond acceptors (Lipinski definition) is 4. The van der Waals surface area contributed by atoms with Crippen molar-refractivity contribution in [3.05, 3.63) is 59.1 Å². The van der Waals surface area contributed by atoms with E-state index in [0.29, 0.717) is 30.3 Å². The number of benzene rings is 1. The van der Waals surface area contributed by atoms with E-state index in [0.717, 1.165) is 36.5 Å². The van der Waals surface area contributed by atoms with Gasteiger partial charge in [0.2, 0.25) is 5.91 Å². The molecular weight excluding hydrogens is 352 g/mol. The average molecular weight is 371 g/mol. The van der Waals surface area contributed by atoms with Crippen LogP contribution < -0.4 is 0 Å². The van der Waals surface area contributed by atoms with Crippen molar-refractivity contribution in [2.24, 2.45) is 0 Å². The lowest BCUT2D eigenvalue weighted by atomic mass is 10.1. The number of amides is 1. The minimum absolute atomic E-state index is 0.105. The first kappa shape index (κ1) is 16.8. The van der Waals surface area contributed by atoms with Gasteiger partial charge in [0.25, 0.3) is 0 Å². The predicted octanol–water partition coefficient (Wildman–Crippen LogP) is 3.56. The van der Waals surface area contributed by atoms with Gasteiger partial charge in [-0.15, -0.1) is 0 Å². The number of aryl methyl sites for hydroxylation is 2. The normalized spacial score (nSPS) is 14.1. The van der Waals surface area contributed by atoms with Crippen LogP contribution in [0.25, 0.3) is 11.3 Å². The molecule has 3 aromatic rings. The molecule has 1 aromatic carbocycles. The zero-order valence-electron chi connectivity index (χ0n) is 14.3. The van der Waals surface area contributed by atoms with Gasteiger partial charge in [0.15, 0.2) is 5.15 Å². The lowest BCUT2D eigenvalue weighted by Crippen LogP contribution is -2.30. The minimum Gasteiger partial charge on any atom is -0.360 e. The van der Waals surface area contributed by atoms with E-state index in [2.05, 4.69) is 11.2 Å². The molecule has 26 heavy (non-hydrogen) atoms. The van der Waals surface area contributed by atoms with Crippen LogP contribution in [0, 0.1) is 0 Å². The van der Waals surface area contributed by atoms with Crippen LogP contribution in [0.3, 0.4) is 0 Å². The first-order chi connectivity index (χ1) is 12.7. The summed E-state index contributed by atoms with van der Waals surface area (Å²) in [6, 6.07) is 13.8. The Hall–Kier alpha value is -2.60. The van der Waals surface area contributed by atoms with Gasteiger partial charge >= 0.3 is 0 Å². The van der Waals surface area contributed by atoms with E-state index in [1.54, 1.807) is 6.07 Å². The molecule has 4 rings (SSSR count). The molecule has 1 amide bonds. The number of fused-ring (bicyclic) bond motifs is 1. The van der Waals surface area contributed by atoms with E-state index < -0.39 is 0 Å². The second-order valence-corrected chi connectivity index (χ2v) is 6.78. The van der Waals surface area contributed by atoms with Crippen LogP contribution in [-0.4, -0.2) is 32.3 Å². The standard InChI is InChI=1S/C19H19ClN4O2/c20-18-12-16(26-22-18)7-8-19(25)23-9-4-10-24-15(13-23)11-17(21-24)14-5-2-1-3-6-14/h1-3,5-6,11-12H,4,7-10,13H2. The molecule has 0 bridgehead atoms. The number of carbonyl (C=O) groups excluding carboxylic acids is 1. The highest BCUT2D eigenvalue weighted by Gasteiger charge is 2.21. The van der Waals surface area contributed by atoms with Crippen molar-refractivity contribution in [3.8, 4) is 11.3 Å². The van der Waals surface area contributed by atoms with Gasteiger partial charge in [0, 0.05) is 37.6 Å². The van der Waals surface area contributed by atoms with Crippen molar-refractivity contribution in [1.29, 1.82) is 0 Å². The molecule has 0 aliphatic carbocycles. The van der Waals surface area contributed by atoms with Crippen molar-refractivity contribution in [3.63, 3.8) is 0 Å². The Morgan fingerprint density at radius 1 is 1.19 bits per heavy atom. The molecule has 1 aliphatic heterocycles. The number of nitrogens with zero attached hydrogens (tertiary/aromatic N) is 4. The summed E-state index contributed by atoms with van der Waals surface area (Å²) >= 11 is 5.75. The smallest absolute Gasteiger partial charge is 0.223 e. The van der Waals surface area contributed by atoms with E-state index in [-0.39, 0.29) is 5.91 Å². The van der Waals surface area contributed by atoms with Crippen LogP contribution in [0.4, 0.5) is 0 Å². The van der Waals surface area contributed by atoms with Gasteiger partial charge < -0.3 is 9.42 Å². The summed E-state index contributed by atoms with van der Waals surface area (Å²) in [5, 5.41) is 8.67. The predicted molar refractivity (Wildman–Crippen MR) is 97.5 cm³/mol. The topological polar surface area (TPSA) is 64.2 Å². The zero-order chi connectivity index (χ0) is 17.9. The van der Waals surface area contributed by atoms with Crippen molar-refractivity contribution in [1.82, 2.24) is 19.8 Å². The molecule has 0 spiro atoms. The zero-order valence-corrected chi connectivity index (χ0v) is 15.0. The maximum absolute atomic E-state index is 12.6. The fourth-order valence-electron chi connectivity index (χ4n) is 3.22. The van der Waals surface area contributed by atoms with Gasteiger partial charge in [0.1, 0.15) is 5.76 Å². The highest BCUT2D eigenvalue weighted by atomic mass is 35.5. The average Bonchev–Trinajstić information content (AvgIpc) is 3.20. The summed E-state index contributed by atoms with van der Waals surface area (Å²) in [5.41, 5.74) is 3.11. The Balaban J connectivity index is 1.45. The molecule has 134 valence electrons. The summed E-state index contributed by atoms with van der Waals surface area (Å²) in [6.45, 7) is 2.14. The second-order valence-electron chi connectivity index (χ2n) is 6.39. The molecule has 0 unspecified atom stereocenters. The quantitative estimate of drug-likeness (QED) is 0.704. The number of aromatic nitrogens is 3. The number of carbonyl (C=O) groups is 1. The molecule has 7 heteroatoms. The van der Waals surface area contributed by atoms with Crippen LogP contribution in [0.2, 0.25) is 5.15 Å². The Morgan fingerprint density at radius 3 is 2.81 bits per heavy atom. The maximum atomic E-state index is 12.6. The number of hydrogen-bond donors (Lipinski definition) is 0. The van der Waals surface area contributed by atoms with Crippen molar-refractivity contribution in [2.75, 3.05) is 6.54 Å². The van der Waals surface area contributed by atoms with Gasteiger partial charge in [-0.2, -0.15) is 5.10 Å². The van der Waals surface area contributed by atoms with Gasteiger partial charge in [-0.1, -0.05) is 47.1 Å². The van der Waals surface area contributed by atoms with E-state index in [9.17, 15) is 4.79 Å². The number of rotatable bonds is 4. The molecule has 6 nitrogen and oxygen atoms in total. The van der Waals surface area contributed by atoms with E-state index in [1.165, 1.54) is 0 Å². The Morgan fingerprint density at radius 2 is 2.04 bits per heavy atom. The summed E-state index contributed by atoms with van der Waals surface area (Å²) in [6.07, 6.45) is 1.78. The first-order valence-corrected chi connectivity index (χ1v) is 9.08. The highest BCUT2D eigenvalue weighted by molar-refractivity contribution is 6.29. The van der Waals surface area contributed by atoms with Gasteiger partial charge in [-0.25, -0.2) is 0 Å². The Kier molecular flexibility index (Phi) is 4.75. The molecule has 3 heterocycles. The molecular formula is C19H19ClN4O2. The van der Waals surface area contributed by atoms with Crippen molar-refractivity contribution >= 4 is 17.5 Å². The maximum Gasteiger partial charge on any atom is 0.223 e. The Bertz CT molecular complexity index is 903.